The number of aliphatic imine (C=N–C) groups is 1. The Morgan fingerprint density at radius 2 is 2.00 bits per heavy atom. The van der Waals surface area contributed by atoms with E-state index in [-0.39, 0.29) is 29.5 Å². The Hall–Kier alpha value is -4.24. The SMILES string of the molecule is CCCCCC(O)CC(=O)CCc1ccc(O)c(OC[NH+]2C=C3C(C45CCCC4c4cccc6c4-c4c(cccc45)C(N)N6)=CN=C3C2)c1. The van der Waals surface area contributed by atoms with Crippen molar-refractivity contribution in [2.24, 2.45) is 10.7 Å². The third-order valence-electron chi connectivity index (χ3n) is 11.5. The Morgan fingerprint density at radius 3 is 2.88 bits per heavy atom. The quantitative estimate of drug-likeness (QED) is 0.145. The molecule has 8 rings (SSSR count). The number of phenols is 1. The number of ether oxygens (including phenoxy) is 1. The molecule has 0 saturated heterocycles. The van der Waals surface area contributed by atoms with Crippen molar-refractivity contribution in [2.75, 3.05) is 18.6 Å². The number of hydrogen-bond donors (Lipinski definition) is 5. The van der Waals surface area contributed by atoms with Gasteiger partial charge in [0, 0.05) is 35.7 Å². The first-order chi connectivity index (χ1) is 23.9. The summed E-state index contributed by atoms with van der Waals surface area (Å²) in [6.07, 6.45) is 11.8. The maximum Gasteiger partial charge on any atom is 0.227 e. The molecule has 0 radical (unpaired) electrons. The fraction of sp³-hybridized carbons (Fsp3) is 0.415. The Labute approximate surface area is 288 Å². The maximum absolute atomic E-state index is 12.5. The molecule has 2 aliphatic carbocycles. The number of allylic oxidation sites excluding steroid dienone is 1. The van der Waals surface area contributed by atoms with E-state index in [0.717, 1.165) is 66.0 Å². The minimum atomic E-state index is -0.565. The number of hydrogen-bond acceptors (Lipinski definition) is 7. The number of nitrogens with zero attached hydrogens (tertiary/aromatic N) is 1. The highest BCUT2D eigenvalue weighted by Crippen LogP contribution is 2.65. The molecule has 49 heavy (non-hydrogen) atoms. The van der Waals surface area contributed by atoms with Gasteiger partial charge in [0.25, 0.3) is 0 Å². The molecule has 5 aliphatic rings. The van der Waals surface area contributed by atoms with Crippen LogP contribution in [0.25, 0.3) is 11.1 Å². The van der Waals surface area contributed by atoms with Gasteiger partial charge in [-0.1, -0.05) is 69.0 Å². The summed E-state index contributed by atoms with van der Waals surface area (Å²) >= 11 is 0. The summed E-state index contributed by atoms with van der Waals surface area (Å²) in [6, 6.07) is 18.6. The van der Waals surface area contributed by atoms with Gasteiger partial charge >= 0.3 is 0 Å². The fourth-order valence-corrected chi connectivity index (χ4v) is 9.24. The van der Waals surface area contributed by atoms with E-state index in [1.807, 2.05) is 12.1 Å². The number of fused-ring (bicyclic) bond motifs is 4. The molecule has 1 saturated carbocycles. The van der Waals surface area contributed by atoms with E-state index in [4.69, 9.17) is 15.5 Å². The lowest BCUT2D eigenvalue weighted by atomic mass is 9.57. The highest BCUT2D eigenvalue weighted by molar-refractivity contribution is 6.09. The van der Waals surface area contributed by atoms with Crippen LogP contribution in [-0.2, 0) is 16.6 Å². The van der Waals surface area contributed by atoms with Gasteiger partial charge in [0.15, 0.2) is 11.5 Å². The number of aliphatic hydroxyl groups excluding tert-OH is 1. The van der Waals surface area contributed by atoms with E-state index in [9.17, 15) is 15.0 Å². The van der Waals surface area contributed by atoms with Gasteiger partial charge in [-0.2, -0.15) is 0 Å². The first kappa shape index (κ1) is 32.0. The molecule has 5 unspecified atom stereocenters. The second kappa shape index (κ2) is 12.9. The van der Waals surface area contributed by atoms with Crippen LogP contribution < -0.4 is 20.7 Å². The Kier molecular flexibility index (Phi) is 8.42. The van der Waals surface area contributed by atoms with Gasteiger partial charge in [-0.05, 0) is 83.2 Å². The summed E-state index contributed by atoms with van der Waals surface area (Å²) in [4.78, 5) is 18.6. The van der Waals surface area contributed by atoms with Crippen molar-refractivity contribution >= 4 is 17.2 Å². The van der Waals surface area contributed by atoms with Crippen LogP contribution in [0.4, 0.5) is 5.69 Å². The third kappa shape index (κ3) is 5.50. The number of nitrogens with two attached hydrogens (primary N) is 1. The highest BCUT2D eigenvalue weighted by atomic mass is 16.5. The van der Waals surface area contributed by atoms with Crippen molar-refractivity contribution in [3.8, 4) is 22.6 Å². The van der Waals surface area contributed by atoms with Gasteiger partial charge in [-0.25, -0.2) is 0 Å². The average Bonchev–Trinajstić information content (AvgIpc) is 3.82. The number of aliphatic hydroxyl groups is 1. The fourth-order valence-electron chi connectivity index (χ4n) is 9.24. The second-order valence-electron chi connectivity index (χ2n) is 14.6. The number of unbranched alkanes of at least 4 members (excludes halogenated alkanes) is 2. The molecule has 8 nitrogen and oxygen atoms in total. The van der Waals surface area contributed by atoms with Gasteiger partial charge in [-0.15, -0.1) is 0 Å². The van der Waals surface area contributed by atoms with E-state index in [1.54, 1.807) is 6.07 Å². The van der Waals surface area contributed by atoms with Crippen molar-refractivity contribution in [2.45, 2.75) is 94.7 Å². The number of carbonyl (C=O) groups excluding carboxylic acids is 1. The summed E-state index contributed by atoms with van der Waals surface area (Å²) in [5, 5.41) is 24.4. The Morgan fingerprint density at radius 1 is 1.14 bits per heavy atom. The Balaban J connectivity index is 0.987. The Bertz CT molecular complexity index is 1900. The molecule has 0 spiro atoms. The molecular formula is C41H47N4O4+. The minimum absolute atomic E-state index is 0.0604. The highest BCUT2D eigenvalue weighted by Gasteiger charge is 2.56. The molecule has 3 heterocycles. The number of carbonyl (C=O) groups is 1. The number of aryl methyl sites for hydroxylation is 1. The second-order valence-corrected chi connectivity index (χ2v) is 14.6. The van der Waals surface area contributed by atoms with E-state index >= 15 is 0 Å². The lowest BCUT2D eigenvalue weighted by Crippen LogP contribution is -3.07. The van der Waals surface area contributed by atoms with Crippen LogP contribution in [0.15, 0.2) is 83.1 Å². The largest absolute Gasteiger partial charge is 0.504 e. The van der Waals surface area contributed by atoms with Gasteiger partial charge in [-0.3, -0.25) is 14.7 Å². The van der Waals surface area contributed by atoms with Gasteiger partial charge in [0.2, 0.25) is 6.73 Å². The number of quaternary nitrogens is 1. The van der Waals surface area contributed by atoms with Crippen molar-refractivity contribution < 1.29 is 24.6 Å². The van der Waals surface area contributed by atoms with Crippen molar-refractivity contribution in [1.29, 1.82) is 0 Å². The zero-order chi connectivity index (χ0) is 33.7. The van der Waals surface area contributed by atoms with Crippen LogP contribution in [0, 0.1) is 0 Å². The summed E-state index contributed by atoms with van der Waals surface area (Å²) < 4.78 is 6.22. The normalized spacial score (nSPS) is 24.6. The molecule has 6 N–H and O–H groups in total. The molecule has 5 atom stereocenters. The number of Topliss-reactive ketones (excluding diaryl/α,β-unsaturated/α-hetero) is 1. The topological polar surface area (TPSA) is 122 Å². The molecule has 0 bridgehead atoms. The molecule has 8 heteroatoms. The number of nitrogens with one attached hydrogen (secondary N) is 2. The lowest BCUT2D eigenvalue weighted by Gasteiger charge is -2.46. The molecule has 3 aromatic carbocycles. The van der Waals surface area contributed by atoms with Crippen LogP contribution in [0.2, 0.25) is 0 Å². The van der Waals surface area contributed by atoms with E-state index < -0.39 is 6.10 Å². The van der Waals surface area contributed by atoms with Crippen molar-refractivity contribution in [3.63, 3.8) is 0 Å². The van der Waals surface area contributed by atoms with E-state index in [1.165, 1.54) is 33.4 Å². The first-order valence-electron chi connectivity index (χ1n) is 18.1. The van der Waals surface area contributed by atoms with Crippen LogP contribution in [-0.4, -0.2) is 41.1 Å². The smallest absolute Gasteiger partial charge is 0.227 e. The van der Waals surface area contributed by atoms with Gasteiger partial charge < -0.3 is 26.0 Å². The summed E-state index contributed by atoms with van der Waals surface area (Å²) in [5.41, 5.74) is 18.8. The van der Waals surface area contributed by atoms with Crippen LogP contribution in [0.5, 0.6) is 11.5 Å². The standard InChI is InChI=1S/C41H46N4O4/c1-2-3-4-8-26(46)20-27(47)16-14-25-15-17-36(48)37(19-25)49-24-45-22-30-33(21-43-35(30)23-45)41-18-7-12-31(41)28-9-6-13-34-39(28)38-29(40(42)44-34)10-5-11-32(38)41/h5-6,9-11,13,15,17,19,21-22,26,31,40,44,46,48H,2-4,7-8,12,14,16,18,20,23-24,42H2,1H3/p+1. The minimum Gasteiger partial charge on any atom is -0.504 e. The number of aromatic hydroxyl groups is 1. The molecular weight excluding hydrogens is 612 g/mol. The predicted octanol–water partition coefficient (Wildman–Crippen LogP) is 5.95. The zero-order valence-electron chi connectivity index (χ0n) is 28.3. The molecule has 1 fully saturated rings. The first-order valence-corrected chi connectivity index (χ1v) is 18.1. The van der Waals surface area contributed by atoms with Gasteiger partial charge in [0.1, 0.15) is 30.4 Å². The number of rotatable bonds is 13. The number of phenolic OH excluding ortho intramolecular Hbond substituents is 1. The zero-order valence-corrected chi connectivity index (χ0v) is 28.3. The van der Waals surface area contributed by atoms with Crippen molar-refractivity contribution in [3.05, 3.63) is 100 Å². The van der Waals surface area contributed by atoms with Crippen LogP contribution in [0.1, 0.15) is 99.0 Å². The summed E-state index contributed by atoms with van der Waals surface area (Å²) in [5.74, 6) is 0.921. The molecule has 3 aromatic rings. The molecule has 254 valence electrons. The van der Waals surface area contributed by atoms with Crippen LogP contribution in [0.3, 0.4) is 0 Å². The monoisotopic (exact) mass is 659 g/mol. The molecule has 0 amide bonds. The lowest BCUT2D eigenvalue weighted by molar-refractivity contribution is -0.851. The average molecular weight is 660 g/mol. The summed E-state index contributed by atoms with van der Waals surface area (Å²) in [7, 11) is 0. The number of benzene rings is 3. The molecule has 0 aromatic heterocycles. The third-order valence-corrected chi connectivity index (χ3v) is 11.5. The summed E-state index contributed by atoms with van der Waals surface area (Å²) in [6.45, 7) is 3.19. The number of ketones is 1. The van der Waals surface area contributed by atoms with E-state index in [2.05, 4.69) is 61.0 Å². The van der Waals surface area contributed by atoms with E-state index in [0.29, 0.717) is 44.2 Å². The van der Waals surface area contributed by atoms with Crippen molar-refractivity contribution in [1.82, 2.24) is 0 Å². The number of anilines is 1. The molecule has 3 aliphatic heterocycles. The maximum atomic E-state index is 12.5. The predicted molar refractivity (Wildman–Crippen MR) is 192 cm³/mol. The van der Waals surface area contributed by atoms with Gasteiger partial charge in [0.05, 0.1) is 11.7 Å². The van der Waals surface area contributed by atoms with Crippen LogP contribution >= 0.6 is 0 Å².